The highest BCUT2D eigenvalue weighted by Crippen LogP contribution is 2.31. The van der Waals surface area contributed by atoms with Crippen molar-refractivity contribution < 1.29 is 0 Å². The number of anilines is 3. The quantitative estimate of drug-likeness (QED) is 0.756. The first-order valence-corrected chi connectivity index (χ1v) is 6.73. The van der Waals surface area contributed by atoms with Crippen LogP contribution in [-0.4, -0.2) is 0 Å². The summed E-state index contributed by atoms with van der Waals surface area (Å²) in [7, 11) is 0. The van der Waals surface area contributed by atoms with E-state index in [0.29, 0.717) is 0 Å². The van der Waals surface area contributed by atoms with Gasteiger partial charge in [-0.1, -0.05) is 22.0 Å². The highest BCUT2D eigenvalue weighted by molar-refractivity contribution is 9.11. The fourth-order valence-electron chi connectivity index (χ4n) is 1.53. The molecule has 2 aromatic rings. The van der Waals surface area contributed by atoms with Crippen molar-refractivity contribution >= 4 is 48.9 Å². The molecule has 88 valence electrons. The van der Waals surface area contributed by atoms with Crippen molar-refractivity contribution in [2.24, 2.45) is 0 Å². The van der Waals surface area contributed by atoms with E-state index in [-0.39, 0.29) is 0 Å². The van der Waals surface area contributed by atoms with Gasteiger partial charge in [0.05, 0.1) is 17.1 Å². The van der Waals surface area contributed by atoms with Crippen LogP contribution in [0.3, 0.4) is 0 Å². The van der Waals surface area contributed by atoms with Crippen molar-refractivity contribution in [3.8, 4) is 0 Å². The Labute approximate surface area is 117 Å². The second-order valence-corrected chi connectivity index (χ2v) is 5.61. The second-order valence-electron chi connectivity index (χ2n) is 3.84. The molecule has 0 heterocycles. The summed E-state index contributed by atoms with van der Waals surface area (Å²) >= 11 is 6.95. The van der Waals surface area contributed by atoms with Crippen LogP contribution in [-0.2, 0) is 0 Å². The topological polar surface area (TPSA) is 38.0 Å². The number of halogens is 2. The van der Waals surface area contributed by atoms with Gasteiger partial charge in [0.2, 0.25) is 0 Å². The maximum atomic E-state index is 5.97. The van der Waals surface area contributed by atoms with Gasteiger partial charge in [-0.05, 0) is 58.7 Å². The van der Waals surface area contributed by atoms with Crippen molar-refractivity contribution in [1.82, 2.24) is 0 Å². The Morgan fingerprint density at radius 3 is 2.47 bits per heavy atom. The molecule has 3 N–H and O–H groups in total. The van der Waals surface area contributed by atoms with E-state index in [1.165, 1.54) is 0 Å². The summed E-state index contributed by atoms with van der Waals surface area (Å²) in [5.41, 5.74) is 9.76. The fraction of sp³-hybridized carbons (Fsp3) is 0.0769. The molecule has 0 saturated heterocycles. The van der Waals surface area contributed by atoms with Gasteiger partial charge in [0, 0.05) is 8.95 Å². The Hall–Kier alpha value is -1.00. The minimum absolute atomic E-state index is 0.747. The average molecular weight is 356 g/mol. The van der Waals surface area contributed by atoms with E-state index in [2.05, 4.69) is 37.2 Å². The molecule has 0 radical (unpaired) electrons. The van der Waals surface area contributed by atoms with E-state index >= 15 is 0 Å². The molecule has 17 heavy (non-hydrogen) atoms. The number of nitrogen functional groups attached to an aromatic ring is 1. The minimum atomic E-state index is 0.747. The summed E-state index contributed by atoms with van der Waals surface area (Å²) in [6.45, 7) is 2.02. The van der Waals surface area contributed by atoms with Crippen molar-refractivity contribution in [1.29, 1.82) is 0 Å². The van der Waals surface area contributed by atoms with Crippen molar-refractivity contribution in [3.63, 3.8) is 0 Å². The first-order valence-electron chi connectivity index (χ1n) is 5.14. The molecule has 0 bridgehead atoms. The van der Waals surface area contributed by atoms with Crippen LogP contribution in [0.5, 0.6) is 0 Å². The van der Waals surface area contributed by atoms with Gasteiger partial charge in [0.15, 0.2) is 0 Å². The van der Waals surface area contributed by atoms with Gasteiger partial charge in [-0.15, -0.1) is 0 Å². The zero-order chi connectivity index (χ0) is 12.4. The second kappa shape index (κ2) is 5.10. The number of hydrogen-bond donors (Lipinski definition) is 2. The van der Waals surface area contributed by atoms with Gasteiger partial charge < -0.3 is 11.1 Å². The molecule has 0 aliphatic carbocycles. The summed E-state index contributed by atoms with van der Waals surface area (Å²) in [6.07, 6.45) is 0. The van der Waals surface area contributed by atoms with Gasteiger partial charge in [-0.25, -0.2) is 0 Å². The molecular weight excluding hydrogens is 344 g/mol. The largest absolute Gasteiger partial charge is 0.397 e. The van der Waals surface area contributed by atoms with Crippen LogP contribution in [0.4, 0.5) is 17.1 Å². The SMILES string of the molecule is Cc1ccc(Nc2cc(Br)ccc2Br)c(N)c1. The molecule has 0 unspecified atom stereocenters. The lowest BCUT2D eigenvalue weighted by molar-refractivity contribution is 1.44. The molecule has 0 atom stereocenters. The van der Waals surface area contributed by atoms with E-state index in [1.54, 1.807) is 0 Å². The van der Waals surface area contributed by atoms with Crippen LogP contribution < -0.4 is 11.1 Å². The summed E-state index contributed by atoms with van der Waals surface area (Å²) in [6, 6.07) is 11.9. The molecule has 2 nitrogen and oxygen atoms in total. The average Bonchev–Trinajstić information content (AvgIpc) is 2.27. The van der Waals surface area contributed by atoms with Crippen LogP contribution in [0, 0.1) is 6.92 Å². The molecule has 2 aromatic carbocycles. The predicted molar refractivity (Wildman–Crippen MR) is 80.7 cm³/mol. The van der Waals surface area contributed by atoms with Crippen LogP contribution in [0.25, 0.3) is 0 Å². The molecule has 0 fully saturated rings. The van der Waals surface area contributed by atoms with E-state index < -0.39 is 0 Å². The maximum Gasteiger partial charge on any atom is 0.0618 e. The fourth-order valence-corrected chi connectivity index (χ4v) is 2.24. The third-order valence-corrected chi connectivity index (χ3v) is 3.59. The number of hydrogen-bond acceptors (Lipinski definition) is 2. The number of nitrogens with two attached hydrogens (primary N) is 1. The van der Waals surface area contributed by atoms with Crippen molar-refractivity contribution in [2.75, 3.05) is 11.1 Å². The maximum absolute atomic E-state index is 5.97. The third-order valence-electron chi connectivity index (χ3n) is 2.40. The highest BCUT2D eigenvalue weighted by atomic mass is 79.9. The van der Waals surface area contributed by atoms with Gasteiger partial charge in [0.1, 0.15) is 0 Å². The summed E-state index contributed by atoms with van der Waals surface area (Å²) in [5, 5.41) is 3.31. The summed E-state index contributed by atoms with van der Waals surface area (Å²) in [4.78, 5) is 0. The van der Waals surface area contributed by atoms with E-state index in [9.17, 15) is 0 Å². The van der Waals surface area contributed by atoms with E-state index in [4.69, 9.17) is 5.73 Å². The van der Waals surface area contributed by atoms with E-state index in [0.717, 1.165) is 31.6 Å². The highest BCUT2D eigenvalue weighted by Gasteiger charge is 2.04. The molecule has 4 heteroatoms. The molecule has 0 aromatic heterocycles. The number of nitrogens with one attached hydrogen (secondary N) is 1. The molecule has 0 aliphatic heterocycles. The Bertz CT molecular complexity index is 553. The number of rotatable bonds is 2. The van der Waals surface area contributed by atoms with Gasteiger partial charge in [-0.2, -0.15) is 0 Å². The smallest absolute Gasteiger partial charge is 0.0618 e. The Balaban J connectivity index is 2.34. The lowest BCUT2D eigenvalue weighted by atomic mass is 10.2. The third kappa shape index (κ3) is 3.01. The Morgan fingerprint density at radius 1 is 1.00 bits per heavy atom. The molecule has 0 aliphatic rings. The van der Waals surface area contributed by atoms with Crippen LogP contribution >= 0.6 is 31.9 Å². The van der Waals surface area contributed by atoms with Crippen LogP contribution in [0.2, 0.25) is 0 Å². The first-order chi connectivity index (χ1) is 8.06. The lowest BCUT2D eigenvalue weighted by Crippen LogP contribution is -1.97. The minimum Gasteiger partial charge on any atom is -0.397 e. The van der Waals surface area contributed by atoms with Crippen LogP contribution in [0.15, 0.2) is 45.3 Å². The number of aryl methyl sites for hydroxylation is 1. The van der Waals surface area contributed by atoms with Gasteiger partial charge >= 0.3 is 0 Å². The van der Waals surface area contributed by atoms with E-state index in [1.807, 2.05) is 43.3 Å². The molecule has 2 rings (SSSR count). The first kappa shape index (κ1) is 12.5. The lowest BCUT2D eigenvalue weighted by Gasteiger charge is -2.12. The van der Waals surface area contributed by atoms with Crippen molar-refractivity contribution in [3.05, 3.63) is 50.9 Å². The summed E-state index contributed by atoms with van der Waals surface area (Å²) in [5.74, 6) is 0. The van der Waals surface area contributed by atoms with Crippen LogP contribution in [0.1, 0.15) is 5.56 Å². The molecule has 0 amide bonds. The number of benzene rings is 2. The van der Waals surface area contributed by atoms with Gasteiger partial charge in [0.25, 0.3) is 0 Å². The predicted octanol–water partition coefficient (Wildman–Crippen LogP) is 4.85. The molecule has 0 spiro atoms. The normalized spacial score (nSPS) is 10.3. The standard InChI is InChI=1S/C13H12Br2N2/c1-8-2-5-12(11(16)6-8)17-13-7-9(14)3-4-10(13)15/h2-7,17H,16H2,1H3. The zero-order valence-corrected chi connectivity index (χ0v) is 12.5. The monoisotopic (exact) mass is 354 g/mol. The molecule has 0 saturated carbocycles. The zero-order valence-electron chi connectivity index (χ0n) is 9.30. The summed E-state index contributed by atoms with van der Waals surface area (Å²) < 4.78 is 2.02. The van der Waals surface area contributed by atoms with Crippen molar-refractivity contribution in [2.45, 2.75) is 6.92 Å². The Kier molecular flexibility index (Phi) is 3.74. The van der Waals surface area contributed by atoms with Gasteiger partial charge in [-0.3, -0.25) is 0 Å². The Morgan fingerprint density at radius 2 is 1.76 bits per heavy atom. The molecular formula is C13H12Br2N2.